The highest BCUT2D eigenvalue weighted by Gasteiger charge is 2.19. The van der Waals surface area contributed by atoms with Crippen LogP contribution in [0.4, 0.5) is 11.4 Å². The van der Waals surface area contributed by atoms with Gasteiger partial charge in [0.05, 0.1) is 21.3 Å². The molecule has 2 rings (SSSR count). The van der Waals surface area contributed by atoms with Gasteiger partial charge in [0.2, 0.25) is 0 Å². The Balaban J connectivity index is 2.47. The number of nitrogens with zero attached hydrogens (tertiary/aromatic N) is 1. The molecule has 5 nitrogen and oxygen atoms in total. The number of pyridine rings is 1. The van der Waals surface area contributed by atoms with Crippen LogP contribution in [-0.4, -0.2) is 13.4 Å². The zero-order valence-corrected chi connectivity index (χ0v) is 12.7. The summed E-state index contributed by atoms with van der Waals surface area (Å²) in [5, 5.41) is 0.372. The second-order valence-electron chi connectivity index (χ2n) is 4.09. The number of hydrogen-bond donors (Lipinski definition) is 2. The Morgan fingerprint density at radius 2 is 2.00 bits per heavy atom. The number of sulfonamides is 1. The van der Waals surface area contributed by atoms with Crippen molar-refractivity contribution in [3.63, 3.8) is 0 Å². The topological polar surface area (TPSA) is 85.1 Å². The third kappa shape index (κ3) is 2.98. The molecule has 1 heterocycles. The maximum atomic E-state index is 12.3. The molecule has 20 heavy (non-hydrogen) atoms. The minimum absolute atomic E-state index is 0.0410. The van der Waals surface area contributed by atoms with Crippen LogP contribution in [0.15, 0.2) is 35.4 Å². The molecule has 106 valence electrons. The summed E-state index contributed by atoms with van der Waals surface area (Å²) in [5.74, 6) is 0. The van der Waals surface area contributed by atoms with Gasteiger partial charge in [0, 0.05) is 6.20 Å². The maximum absolute atomic E-state index is 12.3. The standard InChI is InChI=1S/C12H11Cl2N3O2S/c1-7-5-8(13)9(15)6-11(7)20(18,19)17-10-3-2-4-16-12(10)14/h2-6,17H,15H2,1H3. The molecule has 0 spiro atoms. The quantitative estimate of drug-likeness (QED) is 0.668. The first-order valence-electron chi connectivity index (χ1n) is 5.50. The molecule has 0 aliphatic rings. The summed E-state index contributed by atoms with van der Waals surface area (Å²) in [6.07, 6.45) is 1.46. The third-order valence-electron chi connectivity index (χ3n) is 2.59. The van der Waals surface area contributed by atoms with Crippen LogP contribution >= 0.6 is 23.2 Å². The first-order valence-corrected chi connectivity index (χ1v) is 7.74. The molecule has 0 unspecified atom stereocenters. The number of hydrogen-bond acceptors (Lipinski definition) is 4. The van der Waals surface area contributed by atoms with E-state index in [0.717, 1.165) is 0 Å². The minimum atomic E-state index is -3.82. The van der Waals surface area contributed by atoms with Gasteiger partial charge in [-0.15, -0.1) is 0 Å². The molecule has 0 saturated heterocycles. The summed E-state index contributed by atoms with van der Waals surface area (Å²) >= 11 is 11.7. The highest BCUT2D eigenvalue weighted by molar-refractivity contribution is 7.92. The van der Waals surface area contributed by atoms with Gasteiger partial charge in [-0.25, -0.2) is 13.4 Å². The van der Waals surface area contributed by atoms with E-state index in [0.29, 0.717) is 10.6 Å². The van der Waals surface area contributed by atoms with Crippen LogP contribution in [0.5, 0.6) is 0 Å². The van der Waals surface area contributed by atoms with E-state index >= 15 is 0 Å². The molecule has 0 aliphatic carbocycles. The second-order valence-corrected chi connectivity index (χ2v) is 6.50. The molecule has 0 atom stereocenters. The first-order chi connectivity index (χ1) is 9.31. The van der Waals surface area contributed by atoms with Gasteiger partial charge in [0.1, 0.15) is 0 Å². The van der Waals surface area contributed by atoms with Crippen molar-refractivity contribution in [1.29, 1.82) is 0 Å². The van der Waals surface area contributed by atoms with Crippen LogP contribution in [0.2, 0.25) is 10.2 Å². The highest BCUT2D eigenvalue weighted by atomic mass is 35.5. The first kappa shape index (κ1) is 14.9. The summed E-state index contributed by atoms with van der Waals surface area (Å²) < 4.78 is 27.1. The molecular formula is C12H11Cl2N3O2S. The van der Waals surface area contributed by atoms with Gasteiger partial charge in [0.15, 0.2) is 5.15 Å². The number of rotatable bonds is 3. The minimum Gasteiger partial charge on any atom is -0.397 e. The van der Waals surface area contributed by atoms with Crippen molar-refractivity contribution in [3.8, 4) is 0 Å². The van der Waals surface area contributed by atoms with Crippen molar-refractivity contribution in [2.75, 3.05) is 10.5 Å². The Bertz CT molecular complexity index is 763. The summed E-state index contributed by atoms with van der Waals surface area (Å²) in [4.78, 5) is 3.84. The normalized spacial score (nSPS) is 11.3. The number of aryl methyl sites for hydroxylation is 1. The van der Waals surface area contributed by atoms with Crippen molar-refractivity contribution in [1.82, 2.24) is 4.98 Å². The SMILES string of the molecule is Cc1cc(Cl)c(N)cc1S(=O)(=O)Nc1cccnc1Cl. The summed E-state index contributed by atoms with van der Waals surface area (Å²) in [6.45, 7) is 1.63. The van der Waals surface area contributed by atoms with E-state index in [4.69, 9.17) is 28.9 Å². The summed E-state index contributed by atoms with van der Waals surface area (Å²) in [6, 6.07) is 5.90. The van der Waals surface area contributed by atoms with E-state index in [1.807, 2.05) is 0 Å². The summed E-state index contributed by atoms with van der Waals surface area (Å²) in [7, 11) is -3.82. The zero-order valence-electron chi connectivity index (χ0n) is 10.4. The van der Waals surface area contributed by atoms with Crippen LogP contribution in [0, 0.1) is 6.92 Å². The van der Waals surface area contributed by atoms with E-state index in [9.17, 15) is 8.42 Å². The lowest BCUT2D eigenvalue weighted by atomic mass is 10.2. The van der Waals surface area contributed by atoms with Gasteiger partial charge in [-0.05, 0) is 36.8 Å². The van der Waals surface area contributed by atoms with Gasteiger partial charge < -0.3 is 5.73 Å². The molecular weight excluding hydrogens is 321 g/mol. The predicted molar refractivity (Wildman–Crippen MR) is 80.7 cm³/mol. The fourth-order valence-corrected chi connectivity index (χ4v) is 3.39. The third-order valence-corrected chi connectivity index (χ3v) is 4.72. The molecule has 0 aliphatic heterocycles. The van der Waals surface area contributed by atoms with E-state index in [1.165, 1.54) is 24.4 Å². The number of aromatic nitrogens is 1. The molecule has 0 fully saturated rings. The van der Waals surface area contributed by atoms with Crippen LogP contribution in [-0.2, 0) is 10.0 Å². The van der Waals surface area contributed by atoms with Crippen molar-refractivity contribution in [3.05, 3.63) is 46.2 Å². The Morgan fingerprint density at radius 1 is 1.30 bits per heavy atom. The molecule has 2 aromatic rings. The second kappa shape index (κ2) is 5.47. The highest BCUT2D eigenvalue weighted by Crippen LogP contribution is 2.28. The zero-order chi connectivity index (χ0) is 14.9. The largest absolute Gasteiger partial charge is 0.397 e. The van der Waals surface area contributed by atoms with Crippen LogP contribution < -0.4 is 10.5 Å². The van der Waals surface area contributed by atoms with E-state index in [1.54, 1.807) is 13.0 Å². The number of nitrogens with two attached hydrogens (primary N) is 1. The molecule has 0 saturated carbocycles. The number of benzene rings is 1. The monoisotopic (exact) mass is 331 g/mol. The van der Waals surface area contributed by atoms with Crippen LogP contribution in [0.3, 0.4) is 0 Å². The lowest BCUT2D eigenvalue weighted by Crippen LogP contribution is -2.15. The van der Waals surface area contributed by atoms with Gasteiger partial charge in [-0.2, -0.15) is 0 Å². The van der Waals surface area contributed by atoms with Crippen molar-refractivity contribution >= 4 is 44.6 Å². The van der Waals surface area contributed by atoms with Crippen molar-refractivity contribution < 1.29 is 8.42 Å². The Hall–Kier alpha value is -1.50. The van der Waals surface area contributed by atoms with E-state index in [2.05, 4.69) is 9.71 Å². The smallest absolute Gasteiger partial charge is 0.262 e. The lowest BCUT2D eigenvalue weighted by Gasteiger charge is -2.12. The van der Waals surface area contributed by atoms with Gasteiger partial charge >= 0.3 is 0 Å². The van der Waals surface area contributed by atoms with Gasteiger partial charge in [-0.3, -0.25) is 4.72 Å². The van der Waals surface area contributed by atoms with E-state index in [-0.39, 0.29) is 21.4 Å². The molecule has 1 aromatic heterocycles. The number of halogens is 2. The number of anilines is 2. The Kier molecular flexibility index (Phi) is 4.08. The molecule has 1 aromatic carbocycles. The van der Waals surface area contributed by atoms with Gasteiger partial charge in [-0.1, -0.05) is 23.2 Å². The molecule has 8 heteroatoms. The maximum Gasteiger partial charge on any atom is 0.262 e. The summed E-state index contributed by atoms with van der Waals surface area (Å²) in [5.41, 5.74) is 6.52. The average molecular weight is 332 g/mol. The Morgan fingerprint density at radius 3 is 2.65 bits per heavy atom. The predicted octanol–water partition coefficient (Wildman–Crippen LogP) is 3.08. The van der Waals surface area contributed by atoms with Crippen LogP contribution in [0.1, 0.15) is 5.56 Å². The van der Waals surface area contributed by atoms with Crippen LogP contribution in [0.25, 0.3) is 0 Å². The molecule has 0 bridgehead atoms. The molecule has 0 radical (unpaired) electrons. The number of nitrogens with one attached hydrogen (secondary N) is 1. The fourth-order valence-electron chi connectivity index (χ4n) is 1.62. The average Bonchev–Trinajstić information content (AvgIpc) is 2.36. The number of nitrogen functional groups attached to an aromatic ring is 1. The van der Waals surface area contributed by atoms with Gasteiger partial charge in [0.25, 0.3) is 10.0 Å². The fraction of sp³-hybridized carbons (Fsp3) is 0.0833. The van der Waals surface area contributed by atoms with E-state index < -0.39 is 10.0 Å². The molecule has 0 amide bonds. The van der Waals surface area contributed by atoms with Crippen molar-refractivity contribution in [2.24, 2.45) is 0 Å². The molecule has 3 N–H and O–H groups in total. The van der Waals surface area contributed by atoms with Crippen molar-refractivity contribution in [2.45, 2.75) is 11.8 Å². The lowest BCUT2D eigenvalue weighted by molar-refractivity contribution is 0.600. The Labute approximate surface area is 126 Å².